The number of sulfonamides is 1. The van der Waals surface area contributed by atoms with Gasteiger partial charge >= 0.3 is 0 Å². The number of anilines is 1. The molecule has 1 aromatic heterocycles. The summed E-state index contributed by atoms with van der Waals surface area (Å²) >= 11 is 1.14. The molecule has 0 spiro atoms. The molecule has 0 aliphatic carbocycles. The standard InChI is InChI=1S/C14H18N2O3S2/c1-16(21(17,18)14-10-12(15)11-20-14)8-5-9-19-13-6-3-2-4-7-13/h2-4,6-7,10-11H,5,8-9,15H2,1H3. The molecule has 0 amide bonds. The van der Waals surface area contributed by atoms with Crippen LogP contribution in [0.3, 0.4) is 0 Å². The molecule has 7 heteroatoms. The summed E-state index contributed by atoms with van der Waals surface area (Å²) in [4.78, 5) is 0. The van der Waals surface area contributed by atoms with Crippen LogP contribution in [0.15, 0.2) is 46.0 Å². The highest BCUT2D eigenvalue weighted by atomic mass is 32.2. The molecule has 0 radical (unpaired) electrons. The third kappa shape index (κ3) is 4.20. The van der Waals surface area contributed by atoms with Gasteiger partial charge in [0, 0.05) is 24.7 Å². The van der Waals surface area contributed by atoms with E-state index < -0.39 is 10.0 Å². The molecule has 2 aromatic rings. The van der Waals surface area contributed by atoms with Crippen LogP contribution in [0.25, 0.3) is 0 Å². The zero-order chi connectivity index (χ0) is 15.3. The maximum atomic E-state index is 12.2. The Morgan fingerprint density at radius 2 is 2.00 bits per heavy atom. The van der Waals surface area contributed by atoms with Gasteiger partial charge in [0.05, 0.1) is 6.61 Å². The van der Waals surface area contributed by atoms with E-state index in [0.29, 0.717) is 25.3 Å². The Bertz CT molecular complexity index is 669. The Labute approximate surface area is 129 Å². The summed E-state index contributed by atoms with van der Waals surface area (Å²) in [7, 11) is -1.88. The maximum Gasteiger partial charge on any atom is 0.252 e. The van der Waals surface area contributed by atoms with E-state index in [1.54, 1.807) is 12.4 Å². The molecule has 2 N–H and O–H groups in total. The van der Waals surface area contributed by atoms with Gasteiger partial charge in [-0.05, 0) is 24.6 Å². The summed E-state index contributed by atoms with van der Waals surface area (Å²) in [6.45, 7) is 0.865. The predicted octanol–water partition coefficient (Wildman–Crippen LogP) is 2.42. The summed E-state index contributed by atoms with van der Waals surface area (Å²) < 4.78 is 31.6. The topological polar surface area (TPSA) is 72.6 Å². The second-order valence-corrected chi connectivity index (χ2v) is 7.72. The normalized spacial score (nSPS) is 11.7. The fourth-order valence-corrected chi connectivity index (χ4v) is 4.23. The molecule has 2 rings (SSSR count). The third-order valence-corrected chi connectivity index (χ3v) is 6.18. The number of nitrogen functional groups attached to an aromatic ring is 1. The molecule has 1 aromatic carbocycles. The molecule has 0 fully saturated rings. The molecule has 5 nitrogen and oxygen atoms in total. The molecular weight excluding hydrogens is 308 g/mol. The van der Waals surface area contributed by atoms with Crippen molar-refractivity contribution < 1.29 is 13.2 Å². The van der Waals surface area contributed by atoms with Crippen molar-refractivity contribution in [3.8, 4) is 5.75 Å². The van der Waals surface area contributed by atoms with Gasteiger partial charge < -0.3 is 10.5 Å². The highest BCUT2D eigenvalue weighted by Crippen LogP contribution is 2.24. The quantitative estimate of drug-likeness (QED) is 0.793. The fourth-order valence-electron chi connectivity index (χ4n) is 1.73. The molecule has 0 aliphatic rings. The molecule has 0 saturated heterocycles. The van der Waals surface area contributed by atoms with Crippen LogP contribution in [0.5, 0.6) is 5.75 Å². The van der Waals surface area contributed by atoms with E-state index in [1.807, 2.05) is 30.3 Å². The van der Waals surface area contributed by atoms with E-state index in [1.165, 1.54) is 10.4 Å². The minimum atomic E-state index is -3.45. The molecule has 0 aliphatic heterocycles. The Morgan fingerprint density at radius 3 is 2.62 bits per heavy atom. The van der Waals surface area contributed by atoms with Gasteiger partial charge in [0.1, 0.15) is 9.96 Å². The molecular formula is C14H18N2O3S2. The second kappa shape index (κ2) is 6.93. The van der Waals surface area contributed by atoms with Crippen LogP contribution in [0.1, 0.15) is 6.42 Å². The molecule has 0 bridgehead atoms. The van der Waals surface area contributed by atoms with Crippen LogP contribution in [0.2, 0.25) is 0 Å². The Kier molecular flexibility index (Phi) is 5.22. The average Bonchev–Trinajstić information content (AvgIpc) is 2.92. The van der Waals surface area contributed by atoms with Gasteiger partial charge in [-0.3, -0.25) is 0 Å². The molecule has 1 heterocycles. The number of thiophene rings is 1. The van der Waals surface area contributed by atoms with Gasteiger partial charge in [-0.1, -0.05) is 18.2 Å². The first-order chi connectivity index (χ1) is 10.00. The lowest BCUT2D eigenvalue weighted by Crippen LogP contribution is -2.28. The van der Waals surface area contributed by atoms with Gasteiger partial charge in [0.15, 0.2) is 0 Å². The van der Waals surface area contributed by atoms with Crippen molar-refractivity contribution >= 4 is 27.0 Å². The monoisotopic (exact) mass is 326 g/mol. The highest BCUT2D eigenvalue weighted by Gasteiger charge is 2.22. The predicted molar refractivity (Wildman–Crippen MR) is 85.1 cm³/mol. The number of nitrogens with two attached hydrogens (primary N) is 1. The molecule has 114 valence electrons. The van der Waals surface area contributed by atoms with E-state index in [4.69, 9.17) is 10.5 Å². The number of para-hydroxylation sites is 1. The number of hydrogen-bond donors (Lipinski definition) is 1. The van der Waals surface area contributed by atoms with Crippen LogP contribution < -0.4 is 10.5 Å². The number of benzene rings is 1. The fraction of sp³-hybridized carbons (Fsp3) is 0.286. The number of ether oxygens (including phenoxy) is 1. The SMILES string of the molecule is CN(CCCOc1ccccc1)S(=O)(=O)c1cc(N)cs1. The van der Waals surface area contributed by atoms with E-state index in [9.17, 15) is 8.42 Å². The van der Waals surface area contributed by atoms with E-state index in [-0.39, 0.29) is 4.21 Å². The molecule has 0 atom stereocenters. The molecule has 0 saturated carbocycles. The Balaban J connectivity index is 1.83. The van der Waals surface area contributed by atoms with Gasteiger partial charge in [0.25, 0.3) is 10.0 Å². The molecule has 0 unspecified atom stereocenters. The van der Waals surface area contributed by atoms with Crippen molar-refractivity contribution in [2.45, 2.75) is 10.6 Å². The minimum absolute atomic E-state index is 0.270. The minimum Gasteiger partial charge on any atom is -0.494 e. The van der Waals surface area contributed by atoms with E-state index in [2.05, 4.69) is 0 Å². The van der Waals surface area contributed by atoms with Crippen molar-refractivity contribution in [1.29, 1.82) is 0 Å². The van der Waals surface area contributed by atoms with Crippen LogP contribution in [-0.4, -0.2) is 32.9 Å². The van der Waals surface area contributed by atoms with Crippen LogP contribution in [0.4, 0.5) is 5.69 Å². The molecule has 21 heavy (non-hydrogen) atoms. The van der Waals surface area contributed by atoms with Gasteiger partial charge in [-0.2, -0.15) is 0 Å². The number of nitrogens with zero attached hydrogens (tertiary/aromatic N) is 1. The van der Waals surface area contributed by atoms with E-state index in [0.717, 1.165) is 17.1 Å². The van der Waals surface area contributed by atoms with Crippen molar-refractivity contribution in [2.75, 3.05) is 25.9 Å². The number of hydrogen-bond acceptors (Lipinski definition) is 5. The third-order valence-electron chi connectivity index (χ3n) is 2.89. The van der Waals surface area contributed by atoms with Crippen molar-refractivity contribution in [3.05, 3.63) is 41.8 Å². The van der Waals surface area contributed by atoms with Crippen molar-refractivity contribution in [3.63, 3.8) is 0 Å². The summed E-state index contributed by atoms with van der Waals surface area (Å²) in [5.41, 5.74) is 6.04. The largest absolute Gasteiger partial charge is 0.494 e. The summed E-state index contributed by atoms with van der Waals surface area (Å²) in [5, 5.41) is 1.62. The Morgan fingerprint density at radius 1 is 1.29 bits per heavy atom. The summed E-state index contributed by atoms with van der Waals surface area (Å²) in [6.07, 6.45) is 0.617. The number of rotatable bonds is 7. The van der Waals surface area contributed by atoms with Crippen LogP contribution in [-0.2, 0) is 10.0 Å². The summed E-state index contributed by atoms with van der Waals surface area (Å²) in [5.74, 6) is 0.786. The van der Waals surface area contributed by atoms with Crippen LogP contribution >= 0.6 is 11.3 Å². The van der Waals surface area contributed by atoms with Crippen molar-refractivity contribution in [1.82, 2.24) is 4.31 Å². The smallest absolute Gasteiger partial charge is 0.252 e. The maximum absolute atomic E-state index is 12.2. The zero-order valence-corrected chi connectivity index (χ0v) is 13.4. The lowest BCUT2D eigenvalue weighted by molar-refractivity contribution is 0.296. The first kappa shape index (κ1) is 15.8. The highest BCUT2D eigenvalue weighted by molar-refractivity contribution is 7.91. The summed E-state index contributed by atoms with van der Waals surface area (Å²) in [6, 6.07) is 10.9. The first-order valence-corrected chi connectivity index (χ1v) is 8.80. The van der Waals surface area contributed by atoms with Gasteiger partial charge in [0.2, 0.25) is 0 Å². The van der Waals surface area contributed by atoms with Crippen LogP contribution in [0, 0.1) is 0 Å². The zero-order valence-electron chi connectivity index (χ0n) is 11.7. The van der Waals surface area contributed by atoms with Crippen molar-refractivity contribution in [2.24, 2.45) is 0 Å². The lowest BCUT2D eigenvalue weighted by Gasteiger charge is -2.16. The average molecular weight is 326 g/mol. The van der Waals surface area contributed by atoms with E-state index >= 15 is 0 Å². The first-order valence-electron chi connectivity index (χ1n) is 6.48. The van der Waals surface area contributed by atoms with Gasteiger partial charge in [-0.25, -0.2) is 12.7 Å². The second-order valence-electron chi connectivity index (χ2n) is 4.54. The Hall–Kier alpha value is -1.57. The van der Waals surface area contributed by atoms with Gasteiger partial charge in [-0.15, -0.1) is 11.3 Å². The lowest BCUT2D eigenvalue weighted by atomic mass is 10.3.